The monoisotopic (exact) mass is 267 g/mol. The molecule has 98 valence electrons. The van der Waals surface area contributed by atoms with Crippen molar-refractivity contribution in [3.05, 3.63) is 16.1 Å². The number of carbonyl (C=O) groups excluding carboxylic acids is 2. The number of thiazole rings is 1. The molecule has 5 nitrogen and oxygen atoms in total. The molecule has 1 aliphatic rings. The highest BCUT2D eigenvalue weighted by Gasteiger charge is 2.39. The molecule has 18 heavy (non-hydrogen) atoms. The van der Waals surface area contributed by atoms with Crippen LogP contribution in [0.25, 0.3) is 0 Å². The van der Waals surface area contributed by atoms with Gasteiger partial charge in [0.1, 0.15) is 17.1 Å². The van der Waals surface area contributed by atoms with Crippen molar-refractivity contribution >= 4 is 23.2 Å². The lowest BCUT2D eigenvalue weighted by Gasteiger charge is -2.39. The second-order valence-corrected chi connectivity index (χ2v) is 5.54. The number of nitrogens with one attached hydrogen (secondary N) is 1. The molecule has 2 rings (SSSR count). The molecule has 1 aromatic rings. The maximum Gasteiger partial charge on any atom is 0.246 e. The normalized spacial score (nSPS) is 26.1. The Morgan fingerprint density at radius 1 is 1.44 bits per heavy atom. The molecule has 2 heterocycles. The summed E-state index contributed by atoms with van der Waals surface area (Å²) in [4.78, 5) is 30.0. The Kier molecular flexibility index (Phi) is 3.38. The summed E-state index contributed by atoms with van der Waals surface area (Å²) in [7, 11) is 0. The van der Waals surface area contributed by atoms with E-state index in [1.165, 1.54) is 11.3 Å². The van der Waals surface area contributed by atoms with E-state index in [-0.39, 0.29) is 17.9 Å². The van der Waals surface area contributed by atoms with Gasteiger partial charge in [0, 0.05) is 11.1 Å². The topological polar surface area (TPSA) is 62.3 Å². The van der Waals surface area contributed by atoms with Gasteiger partial charge in [0.05, 0.1) is 6.04 Å². The number of hydrogen-bond donors (Lipinski definition) is 1. The van der Waals surface area contributed by atoms with Crippen molar-refractivity contribution in [1.29, 1.82) is 0 Å². The van der Waals surface area contributed by atoms with Gasteiger partial charge in [-0.05, 0) is 27.7 Å². The Bertz CT molecular complexity index is 485. The Labute approximate surface area is 110 Å². The van der Waals surface area contributed by atoms with Crippen LogP contribution in [0.1, 0.15) is 37.5 Å². The van der Waals surface area contributed by atoms with E-state index in [1.54, 1.807) is 18.7 Å². The fourth-order valence-electron chi connectivity index (χ4n) is 2.15. The van der Waals surface area contributed by atoms with Crippen molar-refractivity contribution in [3.8, 4) is 0 Å². The van der Waals surface area contributed by atoms with Gasteiger partial charge < -0.3 is 10.2 Å². The van der Waals surface area contributed by atoms with E-state index in [4.69, 9.17) is 0 Å². The van der Waals surface area contributed by atoms with Gasteiger partial charge in [-0.1, -0.05) is 0 Å². The molecule has 1 aromatic heterocycles. The number of piperazine rings is 1. The molecule has 0 saturated carbocycles. The highest BCUT2D eigenvalue weighted by molar-refractivity contribution is 7.09. The fraction of sp³-hybridized carbons (Fsp3) is 0.583. The molecule has 1 N–H and O–H groups in total. The van der Waals surface area contributed by atoms with Gasteiger partial charge in [0.2, 0.25) is 11.8 Å². The summed E-state index contributed by atoms with van der Waals surface area (Å²) < 4.78 is 0. The lowest BCUT2D eigenvalue weighted by molar-refractivity contribution is -0.150. The SMILES string of the molecule is Cc1csc(C(C)N2C(=O)C(C)NC(=O)C2C)n1. The Hall–Kier alpha value is -1.43. The summed E-state index contributed by atoms with van der Waals surface area (Å²) >= 11 is 1.52. The van der Waals surface area contributed by atoms with Crippen LogP contribution in [0.3, 0.4) is 0 Å². The number of amides is 2. The predicted octanol–water partition coefficient (Wildman–Crippen LogP) is 1.25. The van der Waals surface area contributed by atoms with Gasteiger partial charge in [-0.15, -0.1) is 11.3 Å². The van der Waals surface area contributed by atoms with E-state index in [9.17, 15) is 9.59 Å². The molecule has 1 saturated heterocycles. The minimum atomic E-state index is -0.461. The van der Waals surface area contributed by atoms with Crippen LogP contribution >= 0.6 is 11.3 Å². The summed E-state index contributed by atoms with van der Waals surface area (Å²) in [6.07, 6.45) is 0. The van der Waals surface area contributed by atoms with Crippen LogP contribution in [0.4, 0.5) is 0 Å². The van der Waals surface area contributed by atoms with Crippen molar-refractivity contribution in [3.63, 3.8) is 0 Å². The van der Waals surface area contributed by atoms with Crippen molar-refractivity contribution in [1.82, 2.24) is 15.2 Å². The standard InChI is InChI=1S/C12H17N3O2S/c1-6-5-18-11(13-6)9(4)15-8(3)10(16)14-7(2)12(15)17/h5,7-9H,1-4H3,(H,14,16). The first kappa shape index (κ1) is 13.0. The number of aromatic nitrogens is 1. The predicted molar refractivity (Wildman–Crippen MR) is 69.2 cm³/mol. The largest absolute Gasteiger partial charge is 0.343 e. The van der Waals surface area contributed by atoms with Crippen LogP contribution in [0.5, 0.6) is 0 Å². The van der Waals surface area contributed by atoms with E-state index >= 15 is 0 Å². The lowest BCUT2D eigenvalue weighted by atomic mass is 10.1. The highest BCUT2D eigenvalue weighted by Crippen LogP contribution is 2.27. The number of hydrogen-bond acceptors (Lipinski definition) is 4. The van der Waals surface area contributed by atoms with Crippen molar-refractivity contribution in [2.45, 2.75) is 45.8 Å². The minimum Gasteiger partial charge on any atom is -0.343 e. The maximum atomic E-state index is 12.2. The molecule has 2 amide bonds. The molecular formula is C12H17N3O2S. The van der Waals surface area contributed by atoms with Crippen LogP contribution in [0, 0.1) is 6.92 Å². The van der Waals surface area contributed by atoms with E-state index in [0.717, 1.165) is 10.7 Å². The Balaban J connectivity index is 2.29. The van der Waals surface area contributed by atoms with E-state index in [0.29, 0.717) is 0 Å². The van der Waals surface area contributed by atoms with Gasteiger partial charge in [-0.25, -0.2) is 4.98 Å². The Morgan fingerprint density at radius 2 is 2.11 bits per heavy atom. The van der Waals surface area contributed by atoms with Crippen LogP contribution < -0.4 is 5.32 Å². The van der Waals surface area contributed by atoms with Crippen LogP contribution in [0.2, 0.25) is 0 Å². The van der Waals surface area contributed by atoms with Crippen molar-refractivity contribution < 1.29 is 9.59 Å². The van der Waals surface area contributed by atoms with Gasteiger partial charge in [0.25, 0.3) is 0 Å². The summed E-state index contributed by atoms with van der Waals surface area (Å²) in [5.41, 5.74) is 0.941. The van der Waals surface area contributed by atoms with E-state index in [1.807, 2.05) is 19.2 Å². The number of carbonyl (C=O) groups is 2. The molecule has 0 aliphatic carbocycles. The fourth-order valence-corrected chi connectivity index (χ4v) is 3.00. The minimum absolute atomic E-state index is 0.0533. The molecule has 0 spiro atoms. The molecule has 0 bridgehead atoms. The number of rotatable bonds is 2. The second kappa shape index (κ2) is 4.68. The van der Waals surface area contributed by atoms with Crippen LogP contribution in [-0.2, 0) is 9.59 Å². The summed E-state index contributed by atoms with van der Waals surface area (Å²) in [5.74, 6) is -0.162. The zero-order valence-electron chi connectivity index (χ0n) is 10.9. The zero-order chi connectivity index (χ0) is 13.4. The highest BCUT2D eigenvalue weighted by atomic mass is 32.1. The average molecular weight is 267 g/mol. The summed E-state index contributed by atoms with van der Waals surface area (Å²) in [6.45, 7) is 7.29. The third-order valence-corrected chi connectivity index (χ3v) is 4.32. The van der Waals surface area contributed by atoms with E-state index in [2.05, 4.69) is 10.3 Å². The van der Waals surface area contributed by atoms with Crippen molar-refractivity contribution in [2.75, 3.05) is 0 Å². The molecule has 0 radical (unpaired) electrons. The van der Waals surface area contributed by atoms with Gasteiger partial charge in [-0.3, -0.25) is 9.59 Å². The molecule has 6 heteroatoms. The third-order valence-electron chi connectivity index (χ3n) is 3.19. The first-order chi connectivity index (χ1) is 8.41. The number of nitrogens with zero attached hydrogens (tertiary/aromatic N) is 2. The third kappa shape index (κ3) is 2.12. The quantitative estimate of drug-likeness (QED) is 0.877. The van der Waals surface area contributed by atoms with Crippen LogP contribution in [0.15, 0.2) is 5.38 Å². The number of aryl methyl sites for hydroxylation is 1. The smallest absolute Gasteiger partial charge is 0.246 e. The average Bonchev–Trinajstić information content (AvgIpc) is 2.73. The second-order valence-electron chi connectivity index (χ2n) is 4.65. The first-order valence-corrected chi connectivity index (χ1v) is 6.84. The molecule has 1 aliphatic heterocycles. The van der Waals surface area contributed by atoms with E-state index < -0.39 is 12.1 Å². The van der Waals surface area contributed by atoms with Gasteiger partial charge in [-0.2, -0.15) is 0 Å². The summed E-state index contributed by atoms with van der Waals surface area (Å²) in [5, 5.41) is 5.50. The lowest BCUT2D eigenvalue weighted by Crippen LogP contribution is -2.61. The zero-order valence-corrected chi connectivity index (χ0v) is 11.7. The molecule has 3 unspecified atom stereocenters. The molecule has 3 atom stereocenters. The molecule has 0 aromatic carbocycles. The Morgan fingerprint density at radius 3 is 2.67 bits per heavy atom. The maximum absolute atomic E-state index is 12.2. The first-order valence-electron chi connectivity index (χ1n) is 5.96. The van der Waals surface area contributed by atoms with Crippen LogP contribution in [-0.4, -0.2) is 33.8 Å². The van der Waals surface area contributed by atoms with Crippen molar-refractivity contribution in [2.24, 2.45) is 0 Å². The van der Waals surface area contributed by atoms with Gasteiger partial charge >= 0.3 is 0 Å². The summed E-state index contributed by atoms with van der Waals surface area (Å²) in [6, 6.07) is -1.08. The molecule has 1 fully saturated rings. The van der Waals surface area contributed by atoms with Gasteiger partial charge in [0.15, 0.2) is 0 Å². The molecular weight excluding hydrogens is 250 g/mol.